The van der Waals surface area contributed by atoms with E-state index in [9.17, 15) is 8.42 Å². The summed E-state index contributed by atoms with van der Waals surface area (Å²) in [4.78, 5) is 3.82. The number of hydrogen-bond donors (Lipinski definition) is 1. The van der Waals surface area contributed by atoms with E-state index in [4.69, 9.17) is 11.6 Å². The van der Waals surface area contributed by atoms with E-state index in [1.807, 2.05) is 0 Å². The molecule has 2 rings (SSSR count). The summed E-state index contributed by atoms with van der Waals surface area (Å²) in [6.45, 7) is 2.57. The molecular formula is C10H12BrClN2O2S. The Morgan fingerprint density at radius 1 is 1.65 bits per heavy atom. The Bertz CT molecular complexity index is 535. The van der Waals surface area contributed by atoms with Crippen molar-refractivity contribution in [1.29, 1.82) is 0 Å². The van der Waals surface area contributed by atoms with Crippen molar-refractivity contribution >= 4 is 37.6 Å². The first-order valence-electron chi connectivity index (χ1n) is 5.21. The summed E-state index contributed by atoms with van der Waals surface area (Å²) in [5.74, 6) is 1.05. The lowest BCUT2D eigenvalue weighted by Gasteiger charge is -2.07. The van der Waals surface area contributed by atoms with Crippen LogP contribution in [0, 0.1) is 11.8 Å². The van der Waals surface area contributed by atoms with Gasteiger partial charge in [0.2, 0.25) is 10.0 Å². The Labute approximate surface area is 114 Å². The maximum atomic E-state index is 12.0. The molecule has 1 aromatic heterocycles. The number of pyridine rings is 1. The van der Waals surface area contributed by atoms with Crippen LogP contribution in [0.5, 0.6) is 0 Å². The topological polar surface area (TPSA) is 59.1 Å². The Balaban J connectivity index is 2.16. The van der Waals surface area contributed by atoms with E-state index in [1.165, 1.54) is 12.3 Å². The summed E-state index contributed by atoms with van der Waals surface area (Å²) in [6.07, 6.45) is 2.54. The second kappa shape index (κ2) is 4.84. The van der Waals surface area contributed by atoms with Crippen LogP contribution in [0.2, 0.25) is 5.15 Å². The predicted molar refractivity (Wildman–Crippen MR) is 69.4 cm³/mol. The van der Waals surface area contributed by atoms with Crippen molar-refractivity contribution < 1.29 is 8.42 Å². The van der Waals surface area contributed by atoms with Crippen molar-refractivity contribution in [3.63, 3.8) is 0 Å². The number of aromatic nitrogens is 1. The molecule has 7 heteroatoms. The summed E-state index contributed by atoms with van der Waals surface area (Å²) >= 11 is 8.97. The van der Waals surface area contributed by atoms with Crippen molar-refractivity contribution in [2.45, 2.75) is 18.2 Å². The van der Waals surface area contributed by atoms with Crippen LogP contribution < -0.4 is 4.72 Å². The van der Waals surface area contributed by atoms with Crippen molar-refractivity contribution in [2.24, 2.45) is 11.8 Å². The summed E-state index contributed by atoms with van der Waals surface area (Å²) in [5.41, 5.74) is 0. The smallest absolute Gasteiger partial charge is 0.242 e. The van der Waals surface area contributed by atoms with E-state index in [0.717, 1.165) is 6.42 Å². The van der Waals surface area contributed by atoms with Crippen LogP contribution in [0.3, 0.4) is 0 Å². The highest BCUT2D eigenvalue weighted by Gasteiger charge is 2.33. The lowest BCUT2D eigenvalue weighted by molar-refractivity contribution is 0.574. The molecule has 0 aromatic carbocycles. The van der Waals surface area contributed by atoms with Gasteiger partial charge < -0.3 is 0 Å². The summed E-state index contributed by atoms with van der Waals surface area (Å²) in [7, 11) is -3.57. The second-order valence-corrected chi connectivity index (χ2v) is 7.28. The predicted octanol–water partition coefficient (Wildman–Crippen LogP) is 2.43. The molecule has 17 heavy (non-hydrogen) atoms. The van der Waals surface area contributed by atoms with Gasteiger partial charge in [-0.15, -0.1) is 0 Å². The van der Waals surface area contributed by atoms with E-state index < -0.39 is 10.0 Å². The normalized spacial score (nSPS) is 23.7. The fraction of sp³-hybridized carbons (Fsp3) is 0.500. The van der Waals surface area contributed by atoms with Gasteiger partial charge in [-0.2, -0.15) is 0 Å². The molecule has 0 saturated heterocycles. The molecule has 94 valence electrons. The van der Waals surface area contributed by atoms with Gasteiger partial charge in [0.1, 0.15) is 10.0 Å². The number of nitrogens with one attached hydrogen (secondary N) is 1. The third kappa shape index (κ3) is 3.19. The maximum absolute atomic E-state index is 12.0. The second-order valence-electron chi connectivity index (χ2n) is 4.27. The molecule has 1 heterocycles. The third-order valence-corrected chi connectivity index (χ3v) is 5.16. The maximum Gasteiger partial charge on any atom is 0.243 e. The first-order chi connectivity index (χ1) is 7.90. The summed E-state index contributed by atoms with van der Waals surface area (Å²) in [6, 6.07) is 1.45. The lowest BCUT2D eigenvalue weighted by atomic mass is 10.3. The average molecular weight is 340 g/mol. The molecule has 1 aromatic rings. The minimum atomic E-state index is -3.57. The molecule has 1 fully saturated rings. The van der Waals surface area contributed by atoms with Gasteiger partial charge in [0, 0.05) is 17.2 Å². The molecule has 1 saturated carbocycles. The number of halogens is 2. The molecule has 0 spiro atoms. The van der Waals surface area contributed by atoms with Gasteiger partial charge in [0.25, 0.3) is 0 Å². The van der Waals surface area contributed by atoms with Gasteiger partial charge in [-0.25, -0.2) is 18.1 Å². The molecule has 2 atom stereocenters. The van der Waals surface area contributed by atoms with Crippen LogP contribution in [-0.4, -0.2) is 19.9 Å². The Hall–Kier alpha value is -0.170. The number of hydrogen-bond acceptors (Lipinski definition) is 3. The van der Waals surface area contributed by atoms with Gasteiger partial charge in [-0.1, -0.05) is 18.5 Å². The fourth-order valence-corrected chi connectivity index (χ4v) is 3.61. The quantitative estimate of drug-likeness (QED) is 0.857. The minimum absolute atomic E-state index is 0.00968. The lowest BCUT2D eigenvalue weighted by Crippen LogP contribution is -2.26. The molecular weight excluding hydrogens is 328 g/mol. The first kappa shape index (κ1) is 13.3. The van der Waals surface area contributed by atoms with E-state index in [1.54, 1.807) is 0 Å². The molecule has 0 radical (unpaired) electrons. The van der Waals surface area contributed by atoms with E-state index in [-0.39, 0.29) is 10.0 Å². The Morgan fingerprint density at radius 2 is 2.29 bits per heavy atom. The summed E-state index contributed by atoms with van der Waals surface area (Å²) in [5, 5.41) is -0.00968. The van der Waals surface area contributed by atoms with Crippen molar-refractivity contribution in [3.05, 3.63) is 21.9 Å². The highest BCUT2D eigenvalue weighted by atomic mass is 79.9. The van der Waals surface area contributed by atoms with Crippen LogP contribution in [0.25, 0.3) is 0 Å². The largest absolute Gasteiger partial charge is 0.243 e. The van der Waals surface area contributed by atoms with Crippen molar-refractivity contribution in [1.82, 2.24) is 9.71 Å². The molecule has 1 N–H and O–H groups in total. The monoisotopic (exact) mass is 338 g/mol. The van der Waals surface area contributed by atoms with E-state index >= 15 is 0 Å². The third-order valence-electron chi connectivity index (χ3n) is 2.87. The van der Waals surface area contributed by atoms with Gasteiger partial charge in [-0.3, -0.25) is 0 Å². The first-order valence-corrected chi connectivity index (χ1v) is 7.86. The van der Waals surface area contributed by atoms with Crippen LogP contribution in [0.15, 0.2) is 21.6 Å². The molecule has 1 aliphatic carbocycles. The Morgan fingerprint density at radius 3 is 2.88 bits per heavy atom. The van der Waals surface area contributed by atoms with Crippen LogP contribution >= 0.6 is 27.5 Å². The summed E-state index contributed by atoms with van der Waals surface area (Å²) < 4.78 is 27.1. The molecule has 2 unspecified atom stereocenters. The van der Waals surface area contributed by atoms with Crippen molar-refractivity contribution in [3.8, 4) is 0 Å². The molecule has 4 nitrogen and oxygen atoms in total. The minimum Gasteiger partial charge on any atom is -0.242 e. The molecule has 0 aliphatic heterocycles. The van der Waals surface area contributed by atoms with Gasteiger partial charge in [0.15, 0.2) is 0 Å². The Kier molecular flexibility index (Phi) is 3.77. The van der Waals surface area contributed by atoms with E-state index in [0.29, 0.717) is 22.9 Å². The van der Waals surface area contributed by atoms with Crippen LogP contribution in [0.4, 0.5) is 0 Å². The van der Waals surface area contributed by atoms with Gasteiger partial charge >= 0.3 is 0 Å². The molecule has 0 amide bonds. The van der Waals surface area contributed by atoms with Gasteiger partial charge in [0.05, 0.1) is 0 Å². The highest BCUT2D eigenvalue weighted by molar-refractivity contribution is 9.10. The average Bonchev–Trinajstić information content (AvgIpc) is 2.96. The van der Waals surface area contributed by atoms with E-state index in [2.05, 4.69) is 32.6 Å². The number of rotatable bonds is 4. The van der Waals surface area contributed by atoms with Crippen LogP contribution in [-0.2, 0) is 10.0 Å². The zero-order valence-corrected chi connectivity index (χ0v) is 12.3. The fourth-order valence-electron chi connectivity index (χ4n) is 1.57. The molecule has 0 bridgehead atoms. The zero-order chi connectivity index (χ0) is 12.6. The number of sulfonamides is 1. The zero-order valence-electron chi connectivity index (χ0n) is 9.15. The SMILES string of the molecule is CC1CC1CNS(=O)(=O)c1cc(Br)cnc1Cl. The highest BCUT2D eigenvalue weighted by Crippen LogP contribution is 2.37. The van der Waals surface area contributed by atoms with Gasteiger partial charge in [-0.05, 0) is 40.3 Å². The van der Waals surface area contributed by atoms with Crippen molar-refractivity contribution in [2.75, 3.05) is 6.54 Å². The number of nitrogens with zero attached hydrogens (tertiary/aromatic N) is 1. The van der Waals surface area contributed by atoms with Crippen LogP contribution in [0.1, 0.15) is 13.3 Å². The molecule has 1 aliphatic rings. The standard InChI is InChI=1S/C10H12BrClN2O2S/c1-6-2-7(6)4-14-17(15,16)9-3-8(11)5-13-10(9)12/h3,5-7,14H,2,4H2,1H3.